The van der Waals surface area contributed by atoms with E-state index in [4.69, 9.17) is 5.73 Å². The smallest absolute Gasteiger partial charge is 0.0564 e. The summed E-state index contributed by atoms with van der Waals surface area (Å²) in [6.07, 6.45) is 5.94. The zero-order valence-electron chi connectivity index (χ0n) is 11.3. The molecule has 1 aromatic rings. The lowest BCUT2D eigenvalue weighted by Gasteiger charge is -2.28. The van der Waals surface area contributed by atoms with Crippen molar-refractivity contribution in [1.82, 2.24) is 0 Å². The zero-order valence-corrected chi connectivity index (χ0v) is 12.1. The van der Waals surface area contributed by atoms with Crippen LogP contribution in [0, 0.1) is 12.8 Å². The minimum atomic E-state index is -0.894. The lowest BCUT2D eigenvalue weighted by Crippen LogP contribution is -2.24. The third kappa shape index (κ3) is 2.77. The van der Waals surface area contributed by atoms with Crippen molar-refractivity contribution in [1.29, 1.82) is 0 Å². The summed E-state index contributed by atoms with van der Waals surface area (Å²) in [5.74, 6) is 0.758. The highest BCUT2D eigenvalue weighted by Gasteiger charge is 2.27. The number of nitrogens with two attached hydrogens (primary N) is 1. The summed E-state index contributed by atoms with van der Waals surface area (Å²) >= 11 is 0. The normalized spacial score (nSPS) is 25.9. The molecule has 0 bridgehead atoms. The topological polar surface area (TPSA) is 43.1 Å². The third-order valence-corrected chi connectivity index (χ3v) is 6.07. The first kappa shape index (κ1) is 13.6. The Balaban J connectivity index is 2.18. The van der Waals surface area contributed by atoms with Crippen molar-refractivity contribution in [3.63, 3.8) is 0 Å². The van der Waals surface area contributed by atoms with Crippen molar-refractivity contribution in [3.8, 4) is 0 Å². The molecule has 0 radical (unpaired) electrons. The highest BCUT2D eigenvalue weighted by Crippen LogP contribution is 2.33. The van der Waals surface area contributed by atoms with Gasteiger partial charge in [-0.25, -0.2) is 0 Å². The zero-order chi connectivity index (χ0) is 13.1. The largest absolute Gasteiger partial charge is 0.398 e. The van der Waals surface area contributed by atoms with Crippen molar-refractivity contribution < 1.29 is 4.21 Å². The van der Waals surface area contributed by atoms with Gasteiger partial charge in [0.2, 0.25) is 0 Å². The van der Waals surface area contributed by atoms with Crippen LogP contribution < -0.4 is 5.73 Å². The van der Waals surface area contributed by atoms with Crippen LogP contribution in [0.15, 0.2) is 23.1 Å². The Morgan fingerprint density at radius 3 is 2.89 bits per heavy atom. The van der Waals surface area contributed by atoms with E-state index >= 15 is 0 Å². The average Bonchev–Trinajstić information content (AvgIpc) is 2.41. The van der Waals surface area contributed by atoms with Gasteiger partial charge >= 0.3 is 0 Å². The van der Waals surface area contributed by atoms with Crippen molar-refractivity contribution in [3.05, 3.63) is 23.8 Å². The van der Waals surface area contributed by atoms with Crippen LogP contribution in [0.3, 0.4) is 0 Å². The van der Waals surface area contributed by atoms with E-state index in [1.807, 2.05) is 25.1 Å². The molecule has 0 spiro atoms. The Morgan fingerprint density at radius 2 is 2.17 bits per heavy atom. The molecule has 1 fully saturated rings. The fourth-order valence-corrected chi connectivity index (χ4v) is 4.65. The maximum absolute atomic E-state index is 12.7. The van der Waals surface area contributed by atoms with Crippen molar-refractivity contribution in [2.45, 2.75) is 56.1 Å². The minimum Gasteiger partial charge on any atom is -0.398 e. The highest BCUT2D eigenvalue weighted by molar-refractivity contribution is 7.85. The fourth-order valence-electron chi connectivity index (χ4n) is 2.84. The Labute approximate surface area is 112 Å². The van der Waals surface area contributed by atoms with Crippen molar-refractivity contribution in [2.24, 2.45) is 5.92 Å². The standard InChI is InChI=1S/C15H23NOS/c1-3-12-6-4-7-13(10-12)18(17)15-9-5-8-14(16)11(15)2/h5,8-9,12-13H,3-4,6-7,10,16H2,1-2H3. The van der Waals surface area contributed by atoms with Crippen LogP contribution >= 0.6 is 0 Å². The summed E-state index contributed by atoms with van der Waals surface area (Å²) in [6, 6.07) is 5.76. The number of nitrogen functional groups attached to an aromatic ring is 1. The SMILES string of the molecule is CCC1CCCC(S(=O)c2cccc(N)c2C)C1. The highest BCUT2D eigenvalue weighted by atomic mass is 32.2. The molecule has 18 heavy (non-hydrogen) atoms. The van der Waals surface area contributed by atoms with Gasteiger partial charge < -0.3 is 5.73 Å². The van der Waals surface area contributed by atoms with E-state index in [9.17, 15) is 4.21 Å². The second kappa shape index (κ2) is 5.87. The van der Waals surface area contributed by atoms with Crippen LogP contribution in [0.1, 0.15) is 44.6 Å². The van der Waals surface area contributed by atoms with Gasteiger partial charge in [-0.1, -0.05) is 32.3 Å². The second-order valence-electron chi connectivity index (χ2n) is 5.33. The molecular weight excluding hydrogens is 242 g/mol. The average molecular weight is 265 g/mol. The summed E-state index contributed by atoms with van der Waals surface area (Å²) in [4.78, 5) is 0.941. The Bertz CT molecular complexity index is 444. The first-order valence-corrected chi connectivity index (χ1v) is 8.10. The van der Waals surface area contributed by atoms with Gasteiger partial charge in [0.05, 0.1) is 10.8 Å². The molecule has 1 saturated carbocycles. The summed E-state index contributed by atoms with van der Waals surface area (Å²) in [6.45, 7) is 4.21. The van der Waals surface area contributed by atoms with E-state index < -0.39 is 10.8 Å². The van der Waals surface area contributed by atoms with Crippen molar-refractivity contribution >= 4 is 16.5 Å². The predicted octanol–water partition coefficient (Wildman–Crippen LogP) is 3.65. The van der Waals surface area contributed by atoms with E-state index in [0.29, 0.717) is 5.25 Å². The quantitative estimate of drug-likeness (QED) is 0.848. The number of rotatable bonds is 3. The molecule has 3 heteroatoms. The Morgan fingerprint density at radius 1 is 1.39 bits per heavy atom. The van der Waals surface area contributed by atoms with Crippen LogP contribution in [0.5, 0.6) is 0 Å². The molecule has 2 N–H and O–H groups in total. The molecule has 0 heterocycles. The maximum atomic E-state index is 12.7. The molecule has 0 amide bonds. The first-order valence-electron chi connectivity index (χ1n) is 6.89. The molecule has 1 aliphatic rings. The second-order valence-corrected chi connectivity index (χ2v) is 7.03. The van der Waals surface area contributed by atoms with Gasteiger partial charge in [0.15, 0.2) is 0 Å². The van der Waals surface area contributed by atoms with E-state index in [1.54, 1.807) is 0 Å². The summed E-state index contributed by atoms with van der Waals surface area (Å²) in [5.41, 5.74) is 7.66. The van der Waals surface area contributed by atoms with Crippen molar-refractivity contribution in [2.75, 3.05) is 5.73 Å². The lowest BCUT2D eigenvalue weighted by atomic mass is 9.87. The third-order valence-electron chi connectivity index (χ3n) is 4.16. The van der Waals surface area contributed by atoms with Gasteiger partial charge in [-0.2, -0.15) is 0 Å². The Hall–Kier alpha value is -0.830. The van der Waals surface area contributed by atoms with Crippen LogP contribution in [-0.4, -0.2) is 9.46 Å². The fraction of sp³-hybridized carbons (Fsp3) is 0.600. The van der Waals surface area contributed by atoms with Gasteiger partial charge in [-0.05, 0) is 43.4 Å². The number of hydrogen-bond donors (Lipinski definition) is 1. The molecule has 0 saturated heterocycles. The minimum absolute atomic E-state index is 0.323. The lowest BCUT2D eigenvalue weighted by molar-refractivity contribution is 0.353. The van der Waals surface area contributed by atoms with Crippen LogP contribution in [-0.2, 0) is 10.8 Å². The molecule has 2 rings (SSSR count). The molecule has 0 aliphatic heterocycles. The molecule has 3 unspecified atom stereocenters. The number of anilines is 1. The van der Waals surface area contributed by atoms with E-state index in [0.717, 1.165) is 34.9 Å². The number of benzene rings is 1. The molecule has 1 aromatic carbocycles. The molecule has 3 atom stereocenters. The van der Waals surface area contributed by atoms with Gasteiger partial charge in [0, 0.05) is 15.8 Å². The summed E-state index contributed by atoms with van der Waals surface area (Å²) in [7, 11) is -0.894. The van der Waals surface area contributed by atoms with Gasteiger partial charge in [0.1, 0.15) is 0 Å². The molecule has 0 aromatic heterocycles. The molecular formula is C15H23NOS. The maximum Gasteiger partial charge on any atom is 0.0564 e. The van der Waals surface area contributed by atoms with Gasteiger partial charge in [-0.3, -0.25) is 4.21 Å². The first-order chi connectivity index (χ1) is 8.63. The summed E-state index contributed by atoms with van der Waals surface area (Å²) < 4.78 is 12.7. The molecule has 1 aliphatic carbocycles. The number of hydrogen-bond acceptors (Lipinski definition) is 2. The molecule has 100 valence electrons. The van der Waals surface area contributed by atoms with Gasteiger partial charge in [-0.15, -0.1) is 0 Å². The monoisotopic (exact) mass is 265 g/mol. The summed E-state index contributed by atoms with van der Waals surface area (Å²) in [5, 5.41) is 0.323. The van der Waals surface area contributed by atoms with Crippen LogP contribution in [0.4, 0.5) is 5.69 Å². The van der Waals surface area contributed by atoms with E-state index in [-0.39, 0.29) is 0 Å². The Kier molecular flexibility index (Phi) is 4.44. The van der Waals surface area contributed by atoms with E-state index in [1.165, 1.54) is 19.3 Å². The van der Waals surface area contributed by atoms with Gasteiger partial charge in [0.25, 0.3) is 0 Å². The van der Waals surface area contributed by atoms with Crippen LogP contribution in [0.25, 0.3) is 0 Å². The van der Waals surface area contributed by atoms with Crippen LogP contribution in [0.2, 0.25) is 0 Å². The molecule has 2 nitrogen and oxygen atoms in total. The van der Waals surface area contributed by atoms with E-state index in [2.05, 4.69) is 6.92 Å². The predicted molar refractivity (Wildman–Crippen MR) is 78.0 cm³/mol.